The Labute approximate surface area is 117 Å². The van der Waals surface area contributed by atoms with Gasteiger partial charge in [0.05, 0.1) is 21.0 Å². The minimum Gasteiger partial charge on any atom is -0.456 e. The molecule has 0 saturated heterocycles. The highest BCUT2D eigenvalue weighted by molar-refractivity contribution is 9.10. The van der Waals surface area contributed by atoms with Crippen molar-refractivity contribution >= 4 is 21.6 Å². The Balaban J connectivity index is 2.23. The normalized spacial score (nSPS) is 9.68. The quantitative estimate of drug-likeness (QED) is 0.632. The van der Waals surface area contributed by atoms with E-state index in [1.807, 2.05) is 6.07 Å². The van der Waals surface area contributed by atoms with E-state index in [0.717, 1.165) is 0 Å². The lowest BCUT2D eigenvalue weighted by Crippen LogP contribution is -1.90. The van der Waals surface area contributed by atoms with Crippen LogP contribution in [-0.2, 0) is 0 Å². The van der Waals surface area contributed by atoms with Gasteiger partial charge in [0.25, 0.3) is 5.69 Å². The molecule has 0 saturated carbocycles. The minimum absolute atomic E-state index is 0.0148. The maximum Gasteiger partial charge on any atom is 0.270 e. The molecule has 0 aliphatic rings. The van der Waals surface area contributed by atoms with Crippen LogP contribution in [0.3, 0.4) is 0 Å². The smallest absolute Gasteiger partial charge is 0.270 e. The van der Waals surface area contributed by atoms with Crippen molar-refractivity contribution in [1.29, 1.82) is 5.26 Å². The number of nitro benzene ring substituents is 1. The Bertz CT molecular complexity index is 663. The molecule has 0 bridgehead atoms. The largest absolute Gasteiger partial charge is 0.456 e. The molecule has 94 valence electrons. The van der Waals surface area contributed by atoms with E-state index in [9.17, 15) is 10.1 Å². The summed E-state index contributed by atoms with van der Waals surface area (Å²) in [6.07, 6.45) is 0. The Morgan fingerprint density at radius 2 is 1.89 bits per heavy atom. The van der Waals surface area contributed by atoms with E-state index in [1.165, 1.54) is 18.2 Å². The first kappa shape index (κ1) is 13.1. The number of benzene rings is 2. The Morgan fingerprint density at radius 3 is 2.42 bits per heavy atom. The summed E-state index contributed by atoms with van der Waals surface area (Å²) in [6, 6.07) is 12.8. The topological polar surface area (TPSA) is 76.2 Å². The van der Waals surface area contributed by atoms with Gasteiger partial charge in [-0.25, -0.2) is 0 Å². The van der Waals surface area contributed by atoms with Crippen LogP contribution in [0, 0.1) is 21.4 Å². The van der Waals surface area contributed by atoms with Crippen molar-refractivity contribution in [2.75, 3.05) is 0 Å². The van der Waals surface area contributed by atoms with E-state index in [1.54, 1.807) is 24.3 Å². The molecule has 5 nitrogen and oxygen atoms in total. The molecule has 6 heteroatoms. The van der Waals surface area contributed by atoms with Gasteiger partial charge in [0.1, 0.15) is 11.5 Å². The predicted octanol–water partition coefficient (Wildman–Crippen LogP) is 4.02. The summed E-state index contributed by atoms with van der Waals surface area (Å²) in [6.45, 7) is 0. The zero-order chi connectivity index (χ0) is 13.8. The minimum atomic E-state index is -0.476. The number of non-ortho nitro benzene ring substituents is 1. The van der Waals surface area contributed by atoms with Crippen LogP contribution in [0.15, 0.2) is 46.9 Å². The number of hydrogen-bond acceptors (Lipinski definition) is 4. The van der Waals surface area contributed by atoms with E-state index in [-0.39, 0.29) is 5.69 Å². The third kappa shape index (κ3) is 3.09. The number of nitrogens with zero attached hydrogens (tertiary/aromatic N) is 2. The van der Waals surface area contributed by atoms with Crippen LogP contribution in [0.5, 0.6) is 11.5 Å². The molecular formula is C13H7BrN2O3. The molecule has 2 aromatic rings. The van der Waals surface area contributed by atoms with Gasteiger partial charge >= 0.3 is 0 Å². The van der Waals surface area contributed by atoms with Gasteiger partial charge in [-0.1, -0.05) is 0 Å². The summed E-state index contributed by atoms with van der Waals surface area (Å²) in [7, 11) is 0. The lowest BCUT2D eigenvalue weighted by atomic mass is 10.2. The average molecular weight is 319 g/mol. The zero-order valence-electron chi connectivity index (χ0n) is 9.54. The molecule has 0 aliphatic heterocycles. The van der Waals surface area contributed by atoms with Crippen LogP contribution in [0.4, 0.5) is 5.69 Å². The number of hydrogen-bond donors (Lipinski definition) is 0. The van der Waals surface area contributed by atoms with E-state index in [2.05, 4.69) is 15.9 Å². The lowest BCUT2D eigenvalue weighted by molar-refractivity contribution is -0.384. The van der Waals surface area contributed by atoms with Gasteiger partial charge in [-0.3, -0.25) is 10.1 Å². The molecule has 0 N–H and O–H groups in total. The maximum absolute atomic E-state index is 10.6. The Hall–Kier alpha value is -2.39. The molecule has 0 radical (unpaired) electrons. The van der Waals surface area contributed by atoms with Gasteiger partial charge in [0.15, 0.2) is 0 Å². The molecule has 0 spiro atoms. The number of rotatable bonds is 3. The molecule has 19 heavy (non-hydrogen) atoms. The first-order valence-corrected chi connectivity index (χ1v) is 6.01. The summed E-state index contributed by atoms with van der Waals surface area (Å²) in [5.74, 6) is 1.02. The third-order valence-corrected chi connectivity index (χ3v) is 2.96. The highest BCUT2D eigenvalue weighted by Crippen LogP contribution is 2.32. The summed E-state index contributed by atoms with van der Waals surface area (Å²) in [5, 5.41) is 19.3. The van der Waals surface area contributed by atoms with Crippen molar-refractivity contribution in [2.24, 2.45) is 0 Å². The predicted molar refractivity (Wildman–Crippen MR) is 72.0 cm³/mol. The first-order valence-electron chi connectivity index (χ1n) is 5.22. The molecule has 2 rings (SSSR count). The van der Waals surface area contributed by atoms with E-state index in [0.29, 0.717) is 21.5 Å². The van der Waals surface area contributed by atoms with Crippen molar-refractivity contribution in [3.05, 3.63) is 62.6 Å². The van der Waals surface area contributed by atoms with Crippen LogP contribution < -0.4 is 4.74 Å². The Kier molecular flexibility index (Phi) is 3.78. The molecule has 0 aromatic heterocycles. The van der Waals surface area contributed by atoms with E-state index < -0.39 is 4.92 Å². The molecule has 0 heterocycles. The fourth-order valence-corrected chi connectivity index (χ4v) is 1.86. The van der Waals surface area contributed by atoms with Crippen molar-refractivity contribution < 1.29 is 9.66 Å². The average Bonchev–Trinajstić information content (AvgIpc) is 2.41. The van der Waals surface area contributed by atoms with Crippen LogP contribution >= 0.6 is 15.9 Å². The third-order valence-electron chi connectivity index (χ3n) is 2.34. The number of ether oxygens (including phenoxy) is 1. The van der Waals surface area contributed by atoms with Gasteiger partial charge in [-0.05, 0) is 46.3 Å². The monoisotopic (exact) mass is 318 g/mol. The molecule has 0 fully saturated rings. The SMILES string of the molecule is N#Cc1ccc(Oc2ccc([N+](=O)[O-])cc2Br)cc1. The summed E-state index contributed by atoms with van der Waals surface area (Å²) >= 11 is 3.22. The molecular weight excluding hydrogens is 312 g/mol. The van der Waals surface area contributed by atoms with Gasteiger partial charge in [-0.2, -0.15) is 5.26 Å². The number of halogens is 1. The molecule has 0 atom stereocenters. The van der Waals surface area contributed by atoms with Crippen molar-refractivity contribution in [1.82, 2.24) is 0 Å². The standard InChI is InChI=1S/C13H7BrN2O3/c14-12-7-10(16(17)18)3-6-13(12)19-11-4-1-9(8-15)2-5-11/h1-7H. The fourth-order valence-electron chi connectivity index (χ4n) is 1.41. The highest BCUT2D eigenvalue weighted by atomic mass is 79.9. The molecule has 0 aliphatic carbocycles. The van der Waals surface area contributed by atoms with E-state index >= 15 is 0 Å². The molecule has 0 amide bonds. The second kappa shape index (κ2) is 5.50. The van der Waals surface area contributed by atoms with Crippen molar-refractivity contribution in [3.63, 3.8) is 0 Å². The summed E-state index contributed by atoms with van der Waals surface area (Å²) < 4.78 is 6.06. The highest BCUT2D eigenvalue weighted by Gasteiger charge is 2.10. The van der Waals surface area contributed by atoms with Crippen LogP contribution in [-0.4, -0.2) is 4.92 Å². The maximum atomic E-state index is 10.6. The molecule has 2 aromatic carbocycles. The molecule has 0 unspecified atom stereocenters. The van der Waals surface area contributed by atoms with Crippen LogP contribution in [0.25, 0.3) is 0 Å². The van der Waals surface area contributed by atoms with Gasteiger partial charge in [-0.15, -0.1) is 0 Å². The van der Waals surface area contributed by atoms with Crippen LogP contribution in [0.1, 0.15) is 5.56 Å². The second-order valence-corrected chi connectivity index (χ2v) is 4.46. The fraction of sp³-hybridized carbons (Fsp3) is 0. The first-order chi connectivity index (χ1) is 9.10. The van der Waals surface area contributed by atoms with Crippen molar-refractivity contribution in [2.45, 2.75) is 0 Å². The summed E-state index contributed by atoms with van der Waals surface area (Å²) in [4.78, 5) is 10.1. The number of nitro groups is 1. The van der Waals surface area contributed by atoms with Gasteiger partial charge < -0.3 is 4.74 Å². The lowest BCUT2D eigenvalue weighted by Gasteiger charge is -2.07. The van der Waals surface area contributed by atoms with E-state index in [4.69, 9.17) is 10.00 Å². The van der Waals surface area contributed by atoms with Crippen molar-refractivity contribution in [3.8, 4) is 17.6 Å². The van der Waals surface area contributed by atoms with Gasteiger partial charge in [0, 0.05) is 12.1 Å². The second-order valence-electron chi connectivity index (χ2n) is 3.61. The van der Waals surface area contributed by atoms with Crippen LogP contribution in [0.2, 0.25) is 0 Å². The zero-order valence-corrected chi connectivity index (χ0v) is 11.1. The Morgan fingerprint density at radius 1 is 1.21 bits per heavy atom. The summed E-state index contributed by atoms with van der Waals surface area (Å²) in [5.41, 5.74) is 0.522. The number of nitriles is 1. The van der Waals surface area contributed by atoms with Gasteiger partial charge in [0.2, 0.25) is 0 Å².